The molecule has 2 atom stereocenters. The van der Waals surface area contributed by atoms with Crippen molar-refractivity contribution in [3.63, 3.8) is 0 Å². The second kappa shape index (κ2) is 9.43. The average molecular weight is 436 g/mol. The number of hydrogen-bond donors (Lipinski definition) is 0. The second-order valence-electron chi connectivity index (χ2n) is 7.97. The number of likely N-dealkylation sites (tertiary alicyclic amines) is 1. The van der Waals surface area contributed by atoms with Gasteiger partial charge in [-0.2, -0.15) is 16.8 Å². The lowest BCUT2D eigenvalue weighted by molar-refractivity contribution is -0.128. The van der Waals surface area contributed by atoms with E-state index >= 15 is 0 Å². The summed E-state index contributed by atoms with van der Waals surface area (Å²) in [5, 5.41) is 0.466. The summed E-state index contributed by atoms with van der Waals surface area (Å²) in [5.41, 5.74) is 0.351. The lowest BCUT2D eigenvalue weighted by atomic mass is 9.94. The van der Waals surface area contributed by atoms with Crippen LogP contribution < -0.4 is 0 Å². The van der Waals surface area contributed by atoms with E-state index in [4.69, 9.17) is 9.47 Å². The third-order valence-corrected chi connectivity index (χ3v) is 7.09. The molecule has 0 N–H and O–H groups in total. The summed E-state index contributed by atoms with van der Waals surface area (Å²) in [6.07, 6.45) is 5.69. The Kier molecular flexibility index (Phi) is 6.67. The number of fused-ring (bicyclic) bond motifs is 1. The van der Waals surface area contributed by atoms with Crippen LogP contribution in [0, 0.1) is 11.8 Å². The van der Waals surface area contributed by atoms with E-state index in [1.807, 2.05) is 0 Å². The molecule has 2 unspecified atom stereocenters. The van der Waals surface area contributed by atoms with Crippen molar-refractivity contribution in [2.24, 2.45) is 21.8 Å². The van der Waals surface area contributed by atoms with E-state index in [0.717, 1.165) is 39.0 Å². The van der Waals surface area contributed by atoms with Crippen LogP contribution >= 0.6 is 11.8 Å². The van der Waals surface area contributed by atoms with Gasteiger partial charge < -0.3 is 14.4 Å². The van der Waals surface area contributed by atoms with Gasteiger partial charge in [0.2, 0.25) is 5.91 Å². The highest BCUT2D eigenvalue weighted by atomic mass is 32.2. The summed E-state index contributed by atoms with van der Waals surface area (Å²) in [4.78, 5) is 34.1. The van der Waals surface area contributed by atoms with E-state index in [2.05, 4.69) is 9.98 Å². The predicted octanol–water partition coefficient (Wildman–Crippen LogP) is 2.53. The van der Waals surface area contributed by atoms with Gasteiger partial charge in [0.25, 0.3) is 5.91 Å². The standard InChI is InChI=1S/C21H26FN3O4S/c1-13(26)25-5-2-14(10-25)11-29-15-8-17(22)20-18(9-15)23-19(24-21(20)27)12-30-16-3-6-28-7-4-16/h8-9,14,16,20H,2-7,10-12H2,1H3. The molecule has 4 aliphatic rings. The summed E-state index contributed by atoms with van der Waals surface area (Å²) in [7, 11) is 0. The Hall–Kier alpha value is -2.00. The molecule has 2 fully saturated rings. The Balaban J connectivity index is 1.37. The van der Waals surface area contributed by atoms with Crippen molar-refractivity contribution < 1.29 is 23.5 Å². The molecule has 0 aromatic heterocycles. The number of hydrogen-bond acceptors (Lipinski definition) is 6. The number of halogens is 1. The first-order valence-corrected chi connectivity index (χ1v) is 11.4. The summed E-state index contributed by atoms with van der Waals surface area (Å²) in [6, 6.07) is 0. The van der Waals surface area contributed by atoms with Crippen LogP contribution in [0.4, 0.5) is 4.39 Å². The zero-order valence-corrected chi connectivity index (χ0v) is 17.8. The quantitative estimate of drug-likeness (QED) is 0.641. The number of amides is 2. The van der Waals surface area contributed by atoms with Gasteiger partial charge in [-0.1, -0.05) is 0 Å². The first kappa shape index (κ1) is 21.2. The fourth-order valence-corrected chi connectivity index (χ4v) is 5.03. The van der Waals surface area contributed by atoms with Crippen molar-refractivity contribution in [2.75, 3.05) is 38.7 Å². The molecule has 0 spiro atoms. The summed E-state index contributed by atoms with van der Waals surface area (Å²) in [6.45, 7) is 4.83. The van der Waals surface area contributed by atoms with Crippen LogP contribution in [0.15, 0.2) is 33.7 Å². The highest BCUT2D eigenvalue weighted by Gasteiger charge is 2.35. The van der Waals surface area contributed by atoms with E-state index in [0.29, 0.717) is 41.5 Å². The van der Waals surface area contributed by atoms with E-state index in [1.165, 1.54) is 6.08 Å². The Bertz CT molecular complexity index is 832. The number of rotatable bonds is 6. The van der Waals surface area contributed by atoms with Crippen LogP contribution in [0.2, 0.25) is 0 Å². The summed E-state index contributed by atoms with van der Waals surface area (Å²) < 4.78 is 25.8. The number of allylic oxidation sites excluding steroid dienone is 2. The zero-order valence-electron chi connectivity index (χ0n) is 17.0. The average Bonchev–Trinajstić information content (AvgIpc) is 3.20. The molecular formula is C21H26FN3O4S. The van der Waals surface area contributed by atoms with Crippen molar-refractivity contribution in [3.8, 4) is 0 Å². The van der Waals surface area contributed by atoms with Crippen molar-refractivity contribution in [2.45, 2.75) is 31.4 Å². The molecule has 0 aromatic rings. The Morgan fingerprint density at radius 2 is 2.10 bits per heavy atom. The third kappa shape index (κ3) is 5.00. The molecule has 1 aliphatic carbocycles. The largest absolute Gasteiger partial charge is 0.493 e. The van der Waals surface area contributed by atoms with Crippen LogP contribution in [0.3, 0.4) is 0 Å². The first-order chi connectivity index (χ1) is 14.5. The van der Waals surface area contributed by atoms with E-state index in [9.17, 15) is 14.0 Å². The fraction of sp³-hybridized carbons (Fsp3) is 0.619. The van der Waals surface area contributed by atoms with Gasteiger partial charge in [-0.05, 0) is 19.3 Å². The maximum absolute atomic E-state index is 14.6. The highest BCUT2D eigenvalue weighted by Crippen LogP contribution is 2.30. The number of ether oxygens (including phenoxy) is 2. The molecule has 7 nitrogen and oxygen atoms in total. The van der Waals surface area contributed by atoms with Gasteiger partial charge in [0.15, 0.2) is 0 Å². The molecule has 0 radical (unpaired) electrons. The van der Waals surface area contributed by atoms with Gasteiger partial charge in [0.1, 0.15) is 23.3 Å². The Labute approximate surface area is 179 Å². The molecule has 2 saturated heterocycles. The van der Waals surface area contributed by atoms with Crippen LogP contribution in [-0.4, -0.2) is 72.2 Å². The van der Waals surface area contributed by atoms with Crippen LogP contribution in [0.1, 0.15) is 26.2 Å². The van der Waals surface area contributed by atoms with Crippen LogP contribution in [0.5, 0.6) is 0 Å². The van der Waals surface area contributed by atoms with Gasteiger partial charge in [-0.3, -0.25) is 9.59 Å². The number of amidine groups is 1. The molecule has 3 aliphatic heterocycles. The minimum absolute atomic E-state index is 0.0590. The number of carbonyl (C=O) groups excluding carboxylic acids is 2. The number of aliphatic imine (C=N–C) groups is 2. The van der Waals surface area contributed by atoms with Gasteiger partial charge in [0, 0.05) is 56.5 Å². The summed E-state index contributed by atoms with van der Waals surface area (Å²) >= 11 is 1.71. The number of thioether (sulfide) groups is 1. The Morgan fingerprint density at radius 3 is 2.83 bits per heavy atom. The zero-order chi connectivity index (χ0) is 21.1. The SMILES string of the molecule is CC(=O)N1CCC(COC2=CC3=NC(CSC4CCOCC4)=NC(=O)C3C(F)=C2)C1. The topological polar surface area (TPSA) is 80.6 Å². The molecule has 162 valence electrons. The summed E-state index contributed by atoms with van der Waals surface area (Å²) in [5.74, 6) is -0.585. The lowest BCUT2D eigenvalue weighted by Crippen LogP contribution is -2.31. The fourth-order valence-electron chi connectivity index (χ4n) is 3.99. The van der Waals surface area contributed by atoms with Crippen molar-refractivity contribution >= 4 is 35.1 Å². The normalized spacial score (nSPS) is 27.1. The minimum atomic E-state index is -1.06. The molecule has 0 aromatic carbocycles. The molecule has 30 heavy (non-hydrogen) atoms. The van der Waals surface area contributed by atoms with E-state index < -0.39 is 17.7 Å². The van der Waals surface area contributed by atoms with Gasteiger partial charge in [-0.15, -0.1) is 0 Å². The minimum Gasteiger partial charge on any atom is -0.493 e. The monoisotopic (exact) mass is 435 g/mol. The molecule has 0 saturated carbocycles. The van der Waals surface area contributed by atoms with Gasteiger partial charge in [0.05, 0.1) is 18.1 Å². The van der Waals surface area contributed by atoms with Crippen molar-refractivity contribution in [1.82, 2.24) is 4.90 Å². The smallest absolute Gasteiger partial charge is 0.263 e. The van der Waals surface area contributed by atoms with E-state index in [1.54, 1.807) is 29.7 Å². The molecule has 9 heteroatoms. The second-order valence-corrected chi connectivity index (χ2v) is 9.25. The van der Waals surface area contributed by atoms with Gasteiger partial charge in [-0.25, -0.2) is 9.38 Å². The Morgan fingerprint density at radius 1 is 1.30 bits per heavy atom. The molecule has 2 amide bonds. The highest BCUT2D eigenvalue weighted by molar-refractivity contribution is 8.00. The number of carbonyl (C=O) groups is 2. The first-order valence-electron chi connectivity index (χ1n) is 10.4. The van der Waals surface area contributed by atoms with Crippen molar-refractivity contribution in [3.05, 3.63) is 23.7 Å². The predicted molar refractivity (Wildman–Crippen MR) is 113 cm³/mol. The maximum atomic E-state index is 14.6. The molecule has 3 heterocycles. The molecule has 0 bridgehead atoms. The number of nitrogens with zero attached hydrogens (tertiary/aromatic N) is 3. The maximum Gasteiger partial charge on any atom is 0.263 e. The van der Waals surface area contributed by atoms with Crippen LogP contribution in [-0.2, 0) is 19.1 Å². The molecule has 4 rings (SSSR count). The third-order valence-electron chi connectivity index (χ3n) is 5.72. The molecular weight excluding hydrogens is 409 g/mol. The lowest BCUT2D eigenvalue weighted by Gasteiger charge is -2.24. The van der Waals surface area contributed by atoms with Gasteiger partial charge >= 0.3 is 0 Å². The van der Waals surface area contributed by atoms with E-state index in [-0.39, 0.29) is 11.8 Å². The van der Waals surface area contributed by atoms with Crippen molar-refractivity contribution in [1.29, 1.82) is 0 Å². The van der Waals surface area contributed by atoms with Crippen LogP contribution in [0.25, 0.3) is 0 Å².